The summed E-state index contributed by atoms with van der Waals surface area (Å²) in [4.78, 5) is 11.9. The third kappa shape index (κ3) is 4.77. The Kier molecular flexibility index (Phi) is 7.06. The minimum absolute atomic E-state index is 0.135. The van der Waals surface area contributed by atoms with Gasteiger partial charge in [0.2, 0.25) is 0 Å². The largest absolute Gasteiger partial charge is 0.462 e. The van der Waals surface area contributed by atoms with Crippen LogP contribution in [0.4, 0.5) is 5.69 Å². The van der Waals surface area contributed by atoms with Gasteiger partial charge in [0.1, 0.15) is 0 Å². The first kappa shape index (κ1) is 20.3. The van der Waals surface area contributed by atoms with Crippen molar-refractivity contribution < 1.29 is 17.9 Å². The number of halogens is 1. The molecule has 0 unspecified atom stereocenters. The Morgan fingerprint density at radius 3 is 2.38 bits per heavy atom. The summed E-state index contributed by atoms with van der Waals surface area (Å²) in [5.74, 6) is -0.433. The average molecular weight is 396 g/mol. The molecule has 2 rings (SSSR count). The van der Waals surface area contributed by atoms with Crippen molar-refractivity contribution in [2.45, 2.75) is 31.6 Å². The molecule has 0 aromatic heterocycles. The van der Waals surface area contributed by atoms with Crippen LogP contribution in [0, 0.1) is 0 Å². The summed E-state index contributed by atoms with van der Waals surface area (Å²) in [5, 5.41) is 0.360. The zero-order valence-corrected chi connectivity index (χ0v) is 16.4. The number of carbonyl (C=O) groups is 1. The van der Waals surface area contributed by atoms with E-state index in [0.717, 1.165) is 6.42 Å². The molecule has 0 spiro atoms. The van der Waals surface area contributed by atoms with Crippen molar-refractivity contribution in [3.8, 4) is 0 Å². The van der Waals surface area contributed by atoms with Crippen LogP contribution in [0.25, 0.3) is 0 Å². The molecule has 0 N–H and O–H groups in total. The van der Waals surface area contributed by atoms with Crippen molar-refractivity contribution in [1.29, 1.82) is 0 Å². The molecule has 0 aliphatic heterocycles. The molecule has 0 saturated heterocycles. The highest BCUT2D eigenvalue weighted by molar-refractivity contribution is 7.92. The minimum atomic E-state index is -3.76. The van der Waals surface area contributed by atoms with E-state index in [1.54, 1.807) is 43.3 Å². The Labute approximate surface area is 159 Å². The lowest BCUT2D eigenvalue weighted by atomic mass is 10.2. The van der Waals surface area contributed by atoms with Crippen LogP contribution in [-0.4, -0.2) is 27.5 Å². The van der Waals surface area contributed by atoms with Crippen LogP contribution < -0.4 is 4.31 Å². The van der Waals surface area contributed by atoms with E-state index < -0.39 is 16.0 Å². The molecule has 0 saturated carbocycles. The van der Waals surface area contributed by atoms with E-state index in [9.17, 15) is 13.2 Å². The first-order chi connectivity index (χ1) is 12.4. The van der Waals surface area contributed by atoms with Crippen LogP contribution in [0.2, 0.25) is 5.02 Å². The Morgan fingerprint density at radius 2 is 1.81 bits per heavy atom. The second-order valence-corrected chi connectivity index (χ2v) is 7.95. The molecule has 0 atom stereocenters. The van der Waals surface area contributed by atoms with Crippen molar-refractivity contribution in [2.24, 2.45) is 0 Å². The van der Waals surface area contributed by atoms with E-state index in [2.05, 4.69) is 0 Å². The molecule has 0 heterocycles. The van der Waals surface area contributed by atoms with Gasteiger partial charge in [-0.2, -0.15) is 0 Å². The SMILES string of the molecule is CCCCN(c1ccc(C(=O)OCC)cc1)S(=O)(=O)c1cccc(Cl)c1. The summed E-state index contributed by atoms with van der Waals surface area (Å²) in [6.07, 6.45) is 1.56. The van der Waals surface area contributed by atoms with Crippen LogP contribution in [0.5, 0.6) is 0 Å². The van der Waals surface area contributed by atoms with Gasteiger partial charge in [0.25, 0.3) is 10.0 Å². The van der Waals surface area contributed by atoms with Crippen LogP contribution in [-0.2, 0) is 14.8 Å². The van der Waals surface area contributed by atoms with Crippen molar-refractivity contribution >= 4 is 33.3 Å². The highest BCUT2D eigenvalue weighted by atomic mass is 35.5. The predicted molar refractivity (Wildman–Crippen MR) is 103 cm³/mol. The maximum atomic E-state index is 13.1. The number of rotatable bonds is 8. The number of benzene rings is 2. The van der Waals surface area contributed by atoms with Gasteiger partial charge in [0, 0.05) is 11.6 Å². The molecular formula is C19H22ClNO4S. The monoisotopic (exact) mass is 395 g/mol. The molecule has 7 heteroatoms. The van der Waals surface area contributed by atoms with Gasteiger partial charge in [-0.25, -0.2) is 13.2 Å². The van der Waals surface area contributed by atoms with Gasteiger partial charge in [-0.05, 0) is 55.8 Å². The van der Waals surface area contributed by atoms with Gasteiger partial charge in [-0.1, -0.05) is 31.0 Å². The maximum Gasteiger partial charge on any atom is 0.338 e. The van der Waals surface area contributed by atoms with Gasteiger partial charge in [0.15, 0.2) is 0 Å². The second kappa shape index (κ2) is 9.05. The summed E-state index contributed by atoms with van der Waals surface area (Å²) in [6.45, 7) is 4.35. The molecule has 5 nitrogen and oxygen atoms in total. The Hall–Kier alpha value is -2.05. The molecule has 140 valence electrons. The molecule has 0 fully saturated rings. The number of unbranched alkanes of at least 4 members (excludes halogenated alkanes) is 1. The number of anilines is 1. The quantitative estimate of drug-likeness (QED) is 0.617. The normalized spacial score (nSPS) is 11.2. The first-order valence-electron chi connectivity index (χ1n) is 8.45. The summed E-state index contributed by atoms with van der Waals surface area (Å²) >= 11 is 5.96. The molecular weight excluding hydrogens is 374 g/mol. The molecule has 0 aliphatic rings. The fourth-order valence-electron chi connectivity index (χ4n) is 2.42. The third-order valence-corrected chi connectivity index (χ3v) is 5.82. The number of ether oxygens (including phenoxy) is 1. The molecule has 2 aromatic rings. The van der Waals surface area contributed by atoms with E-state index >= 15 is 0 Å². The zero-order valence-electron chi connectivity index (χ0n) is 14.8. The maximum absolute atomic E-state index is 13.1. The van der Waals surface area contributed by atoms with E-state index in [1.165, 1.54) is 16.4 Å². The van der Waals surface area contributed by atoms with E-state index in [-0.39, 0.29) is 11.5 Å². The number of nitrogens with zero attached hydrogens (tertiary/aromatic N) is 1. The third-order valence-electron chi connectivity index (χ3n) is 3.77. The molecule has 2 aromatic carbocycles. The molecule has 0 amide bonds. The standard InChI is InChI=1S/C19H22ClNO4S/c1-3-5-13-21(26(23,24)18-8-6-7-16(20)14-18)17-11-9-15(10-12-17)19(22)25-4-2/h6-12,14H,3-5,13H2,1-2H3. The number of esters is 1. The average Bonchev–Trinajstić information content (AvgIpc) is 2.62. The lowest BCUT2D eigenvalue weighted by Gasteiger charge is -2.24. The summed E-state index contributed by atoms with van der Waals surface area (Å²) in [7, 11) is -3.76. The highest BCUT2D eigenvalue weighted by Gasteiger charge is 2.25. The van der Waals surface area contributed by atoms with E-state index in [4.69, 9.17) is 16.3 Å². The van der Waals surface area contributed by atoms with Crippen LogP contribution in [0.3, 0.4) is 0 Å². The van der Waals surface area contributed by atoms with Gasteiger partial charge in [-0.3, -0.25) is 4.31 Å². The number of sulfonamides is 1. The van der Waals surface area contributed by atoms with Crippen molar-refractivity contribution in [1.82, 2.24) is 0 Å². The molecule has 0 bridgehead atoms. The van der Waals surface area contributed by atoms with Crippen LogP contribution in [0.15, 0.2) is 53.4 Å². The molecule has 26 heavy (non-hydrogen) atoms. The smallest absolute Gasteiger partial charge is 0.338 e. The van der Waals surface area contributed by atoms with E-state index in [0.29, 0.717) is 29.2 Å². The summed E-state index contributed by atoms with van der Waals surface area (Å²) < 4.78 is 32.5. The molecule has 0 radical (unpaired) electrons. The van der Waals surface area contributed by atoms with Crippen molar-refractivity contribution in [3.63, 3.8) is 0 Å². The topological polar surface area (TPSA) is 63.7 Å². The van der Waals surface area contributed by atoms with Crippen LogP contribution in [0.1, 0.15) is 37.0 Å². The van der Waals surface area contributed by atoms with Gasteiger partial charge in [0.05, 0.1) is 22.8 Å². The number of hydrogen-bond donors (Lipinski definition) is 0. The van der Waals surface area contributed by atoms with Gasteiger partial charge < -0.3 is 4.74 Å². The highest BCUT2D eigenvalue weighted by Crippen LogP contribution is 2.26. The fraction of sp³-hybridized carbons (Fsp3) is 0.316. The molecule has 0 aliphatic carbocycles. The fourth-order valence-corrected chi connectivity index (χ4v) is 4.23. The lowest BCUT2D eigenvalue weighted by molar-refractivity contribution is 0.0526. The predicted octanol–water partition coefficient (Wildman–Crippen LogP) is 4.51. The summed E-state index contributed by atoms with van der Waals surface area (Å²) in [5.41, 5.74) is 0.873. The zero-order chi connectivity index (χ0) is 19.2. The summed E-state index contributed by atoms with van der Waals surface area (Å²) in [6, 6.07) is 12.6. The number of hydrogen-bond acceptors (Lipinski definition) is 4. The van der Waals surface area contributed by atoms with Crippen molar-refractivity contribution in [2.75, 3.05) is 17.5 Å². The number of carbonyl (C=O) groups excluding carboxylic acids is 1. The second-order valence-electron chi connectivity index (χ2n) is 5.66. The Bertz CT molecular complexity index is 850. The van der Waals surface area contributed by atoms with Crippen molar-refractivity contribution in [3.05, 3.63) is 59.1 Å². The van der Waals surface area contributed by atoms with Gasteiger partial charge >= 0.3 is 5.97 Å². The Balaban J connectivity index is 2.39. The minimum Gasteiger partial charge on any atom is -0.462 e. The lowest BCUT2D eigenvalue weighted by Crippen LogP contribution is -2.32. The van der Waals surface area contributed by atoms with E-state index in [1.807, 2.05) is 6.92 Å². The Morgan fingerprint density at radius 1 is 1.12 bits per heavy atom. The van der Waals surface area contributed by atoms with Gasteiger partial charge in [-0.15, -0.1) is 0 Å². The van der Waals surface area contributed by atoms with Crippen LogP contribution >= 0.6 is 11.6 Å². The first-order valence-corrected chi connectivity index (χ1v) is 10.3.